The zero-order chi connectivity index (χ0) is 12.9. The third-order valence-electron chi connectivity index (χ3n) is 2.11. The molecule has 0 bridgehead atoms. The second-order valence-electron chi connectivity index (χ2n) is 3.41. The fourth-order valence-corrected chi connectivity index (χ4v) is 1.38. The first-order chi connectivity index (χ1) is 7.92. The number of benzene rings is 1. The van der Waals surface area contributed by atoms with E-state index >= 15 is 0 Å². The van der Waals surface area contributed by atoms with Gasteiger partial charge in [0, 0.05) is 0 Å². The topological polar surface area (TPSA) is 38.3 Å². The van der Waals surface area contributed by atoms with E-state index in [1.54, 1.807) is 30.3 Å². The minimum atomic E-state index is -4.62. The van der Waals surface area contributed by atoms with Crippen LogP contribution in [0.25, 0.3) is 0 Å². The molecule has 0 saturated heterocycles. The van der Waals surface area contributed by atoms with Crippen LogP contribution >= 0.6 is 12.4 Å². The van der Waals surface area contributed by atoms with E-state index in [-0.39, 0.29) is 18.8 Å². The Hall–Kier alpha value is -1.27. The second-order valence-corrected chi connectivity index (χ2v) is 3.41. The van der Waals surface area contributed by atoms with E-state index < -0.39 is 18.3 Å². The molecule has 1 aromatic rings. The molecule has 0 spiro atoms. The van der Waals surface area contributed by atoms with E-state index in [1.165, 1.54) is 5.32 Å². The molecule has 0 aliphatic heterocycles. The molecule has 0 saturated carbocycles. The van der Waals surface area contributed by atoms with Gasteiger partial charge in [-0.25, -0.2) is 5.32 Å². The number of carbonyl (C=O) groups excluding carboxylic acids is 1. The minimum Gasteiger partial charge on any atom is -0.468 e. The van der Waals surface area contributed by atoms with Crippen LogP contribution in [0.3, 0.4) is 0 Å². The van der Waals surface area contributed by atoms with Gasteiger partial charge in [-0.15, -0.1) is 12.4 Å². The molecule has 0 aliphatic carbocycles. The lowest BCUT2D eigenvalue weighted by molar-refractivity contribution is -0.175. The lowest BCUT2D eigenvalue weighted by Crippen LogP contribution is -2.47. The predicted octanol–water partition coefficient (Wildman–Crippen LogP) is 2.30. The number of carbonyl (C=O) groups is 1. The molecule has 0 fully saturated rings. The lowest BCUT2D eigenvalue weighted by atomic mass is 10.1. The van der Waals surface area contributed by atoms with Gasteiger partial charge < -0.3 is 4.74 Å². The molecule has 1 N–H and O–H groups in total. The zero-order valence-corrected chi connectivity index (χ0v) is 10.3. The standard InChI is InChI=1S/C11H12F3NO2.ClH/c1-17-10(16)9(15-11(12,13)14)7-8-5-3-2-4-6-8;/h2-6,9,15H,7H2,1H3;1H. The van der Waals surface area contributed by atoms with Crippen molar-refractivity contribution in [1.82, 2.24) is 5.32 Å². The summed E-state index contributed by atoms with van der Waals surface area (Å²) in [5.41, 5.74) is 0.625. The van der Waals surface area contributed by atoms with Crippen LogP contribution in [0.4, 0.5) is 13.2 Å². The van der Waals surface area contributed by atoms with E-state index in [2.05, 4.69) is 4.74 Å². The van der Waals surface area contributed by atoms with Crippen molar-refractivity contribution in [3.8, 4) is 0 Å². The summed E-state index contributed by atoms with van der Waals surface area (Å²) in [5, 5.41) is 1.28. The van der Waals surface area contributed by atoms with Crippen molar-refractivity contribution in [2.75, 3.05) is 7.11 Å². The summed E-state index contributed by atoms with van der Waals surface area (Å²) < 4.78 is 40.9. The smallest absolute Gasteiger partial charge is 0.457 e. The molecule has 3 nitrogen and oxygen atoms in total. The van der Waals surface area contributed by atoms with E-state index in [1.807, 2.05) is 0 Å². The molecule has 1 atom stereocenters. The zero-order valence-electron chi connectivity index (χ0n) is 9.53. The number of alkyl halides is 3. The molecule has 1 unspecified atom stereocenters. The maximum absolute atomic E-state index is 12.2. The SMILES string of the molecule is COC(=O)C(Cc1ccccc1)NC(F)(F)F.Cl. The Morgan fingerprint density at radius 2 is 1.89 bits per heavy atom. The van der Waals surface area contributed by atoms with E-state index in [9.17, 15) is 18.0 Å². The first kappa shape index (κ1) is 16.7. The van der Waals surface area contributed by atoms with Crippen LogP contribution in [0, 0.1) is 0 Å². The maximum Gasteiger partial charge on any atom is 0.457 e. The summed E-state index contributed by atoms with van der Waals surface area (Å²) in [6.07, 6.45) is -4.69. The maximum atomic E-state index is 12.2. The summed E-state index contributed by atoms with van der Waals surface area (Å²) in [6.45, 7) is 0. The molecular weight excluding hydrogens is 271 g/mol. The summed E-state index contributed by atoms with van der Waals surface area (Å²) in [4.78, 5) is 11.2. The highest BCUT2D eigenvalue weighted by Gasteiger charge is 2.34. The number of halogens is 4. The van der Waals surface area contributed by atoms with Crippen molar-refractivity contribution in [2.24, 2.45) is 0 Å². The lowest BCUT2D eigenvalue weighted by Gasteiger charge is -2.18. The van der Waals surface area contributed by atoms with Gasteiger partial charge in [-0.2, -0.15) is 13.2 Å². The highest BCUT2D eigenvalue weighted by atomic mass is 35.5. The monoisotopic (exact) mass is 283 g/mol. The van der Waals surface area contributed by atoms with Gasteiger partial charge in [-0.3, -0.25) is 4.79 Å². The molecule has 0 radical (unpaired) electrons. The fourth-order valence-electron chi connectivity index (χ4n) is 1.38. The van der Waals surface area contributed by atoms with Gasteiger partial charge in [0.2, 0.25) is 0 Å². The molecular formula is C11H13ClF3NO2. The number of hydrogen-bond donors (Lipinski definition) is 1. The van der Waals surface area contributed by atoms with Crippen LogP contribution in [0.1, 0.15) is 5.56 Å². The van der Waals surface area contributed by atoms with Gasteiger partial charge in [-0.05, 0) is 12.0 Å². The van der Waals surface area contributed by atoms with Crippen molar-refractivity contribution in [2.45, 2.75) is 18.8 Å². The van der Waals surface area contributed by atoms with Crippen LogP contribution in [0.5, 0.6) is 0 Å². The number of nitrogens with one attached hydrogen (secondary N) is 1. The average Bonchev–Trinajstić information content (AvgIpc) is 2.27. The molecule has 0 amide bonds. The van der Waals surface area contributed by atoms with Gasteiger partial charge in [0.1, 0.15) is 6.04 Å². The van der Waals surface area contributed by atoms with Crippen LogP contribution in [0.2, 0.25) is 0 Å². The normalized spacial score (nSPS) is 12.4. The van der Waals surface area contributed by atoms with Crippen molar-refractivity contribution in [1.29, 1.82) is 0 Å². The molecule has 0 heterocycles. The van der Waals surface area contributed by atoms with E-state index in [4.69, 9.17) is 0 Å². The summed E-state index contributed by atoms with van der Waals surface area (Å²) in [6, 6.07) is 6.99. The number of hydrogen-bond acceptors (Lipinski definition) is 3. The Morgan fingerprint density at radius 1 is 1.33 bits per heavy atom. The largest absolute Gasteiger partial charge is 0.468 e. The van der Waals surface area contributed by atoms with Crippen molar-refractivity contribution in [3.05, 3.63) is 35.9 Å². The van der Waals surface area contributed by atoms with Gasteiger partial charge >= 0.3 is 12.3 Å². The molecule has 7 heteroatoms. The first-order valence-electron chi connectivity index (χ1n) is 4.88. The van der Waals surface area contributed by atoms with Crippen molar-refractivity contribution in [3.63, 3.8) is 0 Å². The number of rotatable bonds is 4. The Bertz CT molecular complexity index is 370. The Balaban J connectivity index is 0.00000289. The Morgan fingerprint density at radius 3 is 2.33 bits per heavy atom. The Labute approximate surface area is 109 Å². The predicted molar refractivity (Wildman–Crippen MR) is 62.4 cm³/mol. The number of ether oxygens (including phenoxy) is 1. The second kappa shape index (κ2) is 7.23. The van der Waals surface area contributed by atoms with Gasteiger partial charge in [0.15, 0.2) is 0 Å². The van der Waals surface area contributed by atoms with E-state index in [0.29, 0.717) is 5.56 Å². The van der Waals surface area contributed by atoms with Gasteiger partial charge in [-0.1, -0.05) is 30.3 Å². The third kappa shape index (κ3) is 5.88. The highest BCUT2D eigenvalue weighted by Crippen LogP contribution is 2.14. The molecule has 18 heavy (non-hydrogen) atoms. The van der Waals surface area contributed by atoms with Gasteiger partial charge in [0.05, 0.1) is 7.11 Å². The number of methoxy groups -OCH3 is 1. The van der Waals surface area contributed by atoms with Crippen LogP contribution in [-0.4, -0.2) is 25.4 Å². The first-order valence-corrected chi connectivity index (χ1v) is 4.88. The molecule has 1 aromatic carbocycles. The Kier molecular flexibility index (Phi) is 6.72. The quantitative estimate of drug-likeness (QED) is 0.681. The average molecular weight is 284 g/mol. The third-order valence-corrected chi connectivity index (χ3v) is 2.11. The van der Waals surface area contributed by atoms with E-state index in [0.717, 1.165) is 7.11 Å². The fraction of sp³-hybridized carbons (Fsp3) is 0.364. The van der Waals surface area contributed by atoms with Crippen LogP contribution in [-0.2, 0) is 16.0 Å². The van der Waals surface area contributed by atoms with Crippen LogP contribution < -0.4 is 5.32 Å². The summed E-state index contributed by atoms with van der Waals surface area (Å²) >= 11 is 0. The van der Waals surface area contributed by atoms with Crippen molar-refractivity contribution < 1.29 is 22.7 Å². The molecule has 1 rings (SSSR count). The number of esters is 1. The molecule has 0 aromatic heterocycles. The molecule has 102 valence electrons. The summed E-state index contributed by atoms with van der Waals surface area (Å²) in [7, 11) is 1.05. The van der Waals surface area contributed by atoms with Crippen LogP contribution in [0.15, 0.2) is 30.3 Å². The highest BCUT2D eigenvalue weighted by molar-refractivity contribution is 5.85. The summed E-state index contributed by atoms with van der Waals surface area (Å²) in [5.74, 6) is -0.939. The van der Waals surface area contributed by atoms with Gasteiger partial charge in [0.25, 0.3) is 0 Å². The minimum absolute atomic E-state index is 0. The molecule has 0 aliphatic rings. The van der Waals surface area contributed by atoms with Crippen molar-refractivity contribution >= 4 is 18.4 Å².